The van der Waals surface area contributed by atoms with E-state index >= 15 is 0 Å². The highest BCUT2D eigenvalue weighted by molar-refractivity contribution is 7.89. The van der Waals surface area contributed by atoms with Crippen LogP contribution in [0.5, 0.6) is 0 Å². The number of rotatable bonds is 2. The lowest BCUT2D eigenvalue weighted by Crippen LogP contribution is -2.33. The molecule has 118 valence electrons. The van der Waals surface area contributed by atoms with Gasteiger partial charge in [0, 0.05) is 19.6 Å². The highest BCUT2D eigenvalue weighted by Gasteiger charge is 2.44. The van der Waals surface area contributed by atoms with Crippen LogP contribution in [0.25, 0.3) is 0 Å². The first-order valence-electron chi connectivity index (χ1n) is 6.59. The normalized spacial score (nSPS) is 26.2. The SMILES string of the molecule is Cl.O=S(=O)(c1cc(F)ccc1Cl)N1CCC2(CCNC2)C1. The maximum Gasteiger partial charge on any atom is 0.244 e. The van der Waals surface area contributed by atoms with E-state index in [1.165, 1.54) is 10.4 Å². The molecule has 1 N–H and O–H groups in total. The molecule has 2 heterocycles. The molecule has 0 aromatic heterocycles. The van der Waals surface area contributed by atoms with Gasteiger partial charge in [-0.05, 0) is 43.0 Å². The molecular weight excluding hydrogens is 338 g/mol. The largest absolute Gasteiger partial charge is 0.316 e. The molecule has 0 aliphatic carbocycles. The summed E-state index contributed by atoms with van der Waals surface area (Å²) in [4.78, 5) is -0.137. The number of halogens is 3. The summed E-state index contributed by atoms with van der Waals surface area (Å²) in [7, 11) is -3.72. The number of sulfonamides is 1. The van der Waals surface area contributed by atoms with Crippen molar-refractivity contribution in [1.29, 1.82) is 0 Å². The molecule has 2 saturated heterocycles. The van der Waals surface area contributed by atoms with E-state index in [2.05, 4.69) is 5.32 Å². The monoisotopic (exact) mass is 354 g/mol. The Labute approximate surface area is 135 Å². The molecule has 21 heavy (non-hydrogen) atoms. The molecule has 1 unspecified atom stereocenters. The average molecular weight is 355 g/mol. The third kappa shape index (κ3) is 3.05. The molecule has 1 atom stereocenters. The summed E-state index contributed by atoms with van der Waals surface area (Å²) in [6, 6.07) is 3.44. The van der Waals surface area contributed by atoms with Crippen LogP contribution in [0.2, 0.25) is 5.02 Å². The summed E-state index contributed by atoms with van der Waals surface area (Å²) >= 11 is 5.93. The molecule has 1 spiro atoms. The zero-order valence-corrected chi connectivity index (χ0v) is 13.7. The van der Waals surface area contributed by atoms with Crippen LogP contribution < -0.4 is 5.32 Å². The van der Waals surface area contributed by atoms with E-state index in [1.807, 2.05) is 0 Å². The molecule has 2 aliphatic heterocycles. The van der Waals surface area contributed by atoms with Crippen LogP contribution in [0.3, 0.4) is 0 Å². The first kappa shape index (κ1) is 17.0. The van der Waals surface area contributed by atoms with E-state index < -0.39 is 15.8 Å². The van der Waals surface area contributed by atoms with Crippen molar-refractivity contribution in [3.05, 3.63) is 29.0 Å². The quantitative estimate of drug-likeness (QED) is 0.886. The molecule has 1 aromatic rings. The van der Waals surface area contributed by atoms with E-state index in [0.717, 1.165) is 38.1 Å². The number of hydrogen-bond acceptors (Lipinski definition) is 3. The van der Waals surface area contributed by atoms with Gasteiger partial charge in [0.25, 0.3) is 0 Å². The zero-order chi connectivity index (χ0) is 14.4. The van der Waals surface area contributed by atoms with Gasteiger partial charge in [0.2, 0.25) is 10.0 Å². The van der Waals surface area contributed by atoms with Gasteiger partial charge in [-0.2, -0.15) is 4.31 Å². The van der Waals surface area contributed by atoms with Crippen LogP contribution >= 0.6 is 24.0 Å². The standard InChI is InChI=1S/C13H16ClFN2O2S.ClH/c14-11-2-1-10(15)7-12(11)20(18,19)17-6-4-13(9-17)3-5-16-8-13;/h1-2,7,16H,3-6,8-9H2;1H. The summed E-state index contributed by atoms with van der Waals surface area (Å²) < 4.78 is 39.9. The van der Waals surface area contributed by atoms with E-state index in [9.17, 15) is 12.8 Å². The molecule has 0 amide bonds. The smallest absolute Gasteiger partial charge is 0.244 e. The zero-order valence-electron chi connectivity index (χ0n) is 11.3. The Kier molecular flexibility index (Phi) is 4.85. The summed E-state index contributed by atoms with van der Waals surface area (Å²) in [6.45, 7) is 2.72. The summed E-state index contributed by atoms with van der Waals surface area (Å²) in [6.07, 6.45) is 1.82. The third-order valence-electron chi connectivity index (χ3n) is 4.25. The fraction of sp³-hybridized carbons (Fsp3) is 0.538. The second kappa shape index (κ2) is 6.01. The van der Waals surface area contributed by atoms with Gasteiger partial charge >= 0.3 is 0 Å². The molecule has 0 bridgehead atoms. The lowest BCUT2D eigenvalue weighted by molar-refractivity contribution is 0.338. The van der Waals surface area contributed by atoms with Gasteiger partial charge in [-0.3, -0.25) is 0 Å². The maximum atomic E-state index is 13.3. The Bertz CT molecular complexity index is 633. The van der Waals surface area contributed by atoms with Gasteiger partial charge in [-0.1, -0.05) is 11.6 Å². The molecule has 3 rings (SSSR count). The van der Waals surface area contributed by atoms with Crippen LogP contribution in [0, 0.1) is 11.2 Å². The van der Waals surface area contributed by atoms with Crippen molar-refractivity contribution in [2.75, 3.05) is 26.2 Å². The Morgan fingerprint density at radius 1 is 1.33 bits per heavy atom. The van der Waals surface area contributed by atoms with E-state index in [1.54, 1.807) is 0 Å². The average Bonchev–Trinajstić information content (AvgIpc) is 3.04. The molecule has 2 fully saturated rings. The minimum atomic E-state index is -3.72. The van der Waals surface area contributed by atoms with Gasteiger partial charge in [0.15, 0.2) is 0 Å². The van der Waals surface area contributed by atoms with Crippen molar-refractivity contribution < 1.29 is 12.8 Å². The van der Waals surface area contributed by atoms with Gasteiger partial charge < -0.3 is 5.32 Å². The van der Waals surface area contributed by atoms with Crippen LogP contribution in [0.4, 0.5) is 4.39 Å². The first-order chi connectivity index (χ1) is 9.43. The van der Waals surface area contributed by atoms with Crippen molar-refractivity contribution >= 4 is 34.0 Å². The Balaban J connectivity index is 0.00000161. The topological polar surface area (TPSA) is 49.4 Å². The van der Waals surface area contributed by atoms with Crippen LogP contribution in [0.15, 0.2) is 23.1 Å². The fourth-order valence-corrected chi connectivity index (χ4v) is 5.10. The minimum absolute atomic E-state index is 0. The van der Waals surface area contributed by atoms with E-state index in [-0.39, 0.29) is 27.7 Å². The van der Waals surface area contributed by atoms with Crippen molar-refractivity contribution in [2.45, 2.75) is 17.7 Å². The van der Waals surface area contributed by atoms with Crippen LogP contribution in [-0.4, -0.2) is 38.9 Å². The van der Waals surface area contributed by atoms with Crippen molar-refractivity contribution in [1.82, 2.24) is 9.62 Å². The summed E-state index contributed by atoms with van der Waals surface area (Å²) in [5.74, 6) is -0.593. The predicted molar refractivity (Wildman–Crippen MR) is 82.0 cm³/mol. The molecule has 4 nitrogen and oxygen atoms in total. The van der Waals surface area contributed by atoms with Crippen molar-refractivity contribution in [2.24, 2.45) is 5.41 Å². The molecule has 8 heteroatoms. The predicted octanol–water partition coefficient (Wildman–Crippen LogP) is 2.28. The van der Waals surface area contributed by atoms with Crippen molar-refractivity contribution in [3.63, 3.8) is 0 Å². The fourth-order valence-electron chi connectivity index (χ4n) is 3.06. The molecular formula is C13H17Cl2FN2O2S. The summed E-state index contributed by atoms with van der Waals surface area (Å²) in [5.41, 5.74) is 0.0346. The van der Waals surface area contributed by atoms with Gasteiger partial charge in [-0.15, -0.1) is 12.4 Å². The van der Waals surface area contributed by atoms with Gasteiger partial charge in [-0.25, -0.2) is 12.8 Å². The van der Waals surface area contributed by atoms with Crippen LogP contribution in [0.1, 0.15) is 12.8 Å². The van der Waals surface area contributed by atoms with Crippen LogP contribution in [-0.2, 0) is 10.0 Å². The van der Waals surface area contributed by atoms with Crippen molar-refractivity contribution in [3.8, 4) is 0 Å². The molecule has 0 saturated carbocycles. The summed E-state index contributed by atoms with van der Waals surface area (Å²) in [5, 5.41) is 3.35. The highest BCUT2D eigenvalue weighted by atomic mass is 35.5. The van der Waals surface area contributed by atoms with E-state index in [4.69, 9.17) is 11.6 Å². The number of hydrogen-bond donors (Lipinski definition) is 1. The molecule has 1 aromatic carbocycles. The van der Waals surface area contributed by atoms with E-state index in [0.29, 0.717) is 13.1 Å². The van der Waals surface area contributed by atoms with Gasteiger partial charge in [0.05, 0.1) is 5.02 Å². The first-order valence-corrected chi connectivity index (χ1v) is 8.41. The maximum absolute atomic E-state index is 13.3. The Morgan fingerprint density at radius 3 is 2.76 bits per heavy atom. The van der Waals surface area contributed by atoms with Gasteiger partial charge in [0.1, 0.15) is 10.7 Å². The minimum Gasteiger partial charge on any atom is -0.316 e. The number of benzene rings is 1. The second-order valence-electron chi connectivity index (χ2n) is 5.59. The lowest BCUT2D eigenvalue weighted by atomic mass is 9.87. The third-order valence-corrected chi connectivity index (χ3v) is 6.57. The molecule has 0 radical (unpaired) electrons. The second-order valence-corrected chi connectivity index (χ2v) is 7.90. The number of nitrogens with one attached hydrogen (secondary N) is 1. The Morgan fingerprint density at radius 2 is 2.10 bits per heavy atom. The highest BCUT2D eigenvalue weighted by Crippen LogP contribution is 2.39. The number of nitrogens with zero attached hydrogens (tertiary/aromatic N) is 1. The lowest BCUT2D eigenvalue weighted by Gasteiger charge is -2.22. The Hall–Kier alpha value is -0.400. The molecule has 2 aliphatic rings.